The van der Waals surface area contributed by atoms with Gasteiger partial charge < -0.3 is 93.8 Å². The minimum atomic E-state index is -1.76. The van der Waals surface area contributed by atoms with E-state index in [2.05, 4.69) is 0 Å². The summed E-state index contributed by atoms with van der Waals surface area (Å²) in [4.78, 5) is 0. The van der Waals surface area contributed by atoms with Gasteiger partial charge in [0.1, 0.15) is 79.4 Å². The van der Waals surface area contributed by atoms with E-state index in [1.807, 2.05) is 6.92 Å². The highest BCUT2D eigenvalue weighted by Gasteiger charge is 2.52. The zero-order valence-corrected chi connectivity index (χ0v) is 24.9. The maximum Gasteiger partial charge on any atom is 0.187 e. The lowest BCUT2D eigenvalue weighted by Crippen LogP contribution is -2.63. The molecule has 5 rings (SSSR count). The fourth-order valence-corrected chi connectivity index (χ4v) is 5.85. The maximum atomic E-state index is 11.3. The Kier molecular flexibility index (Phi) is 12.5. The summed E-state index contributed by atoms with van der Waals surface area (Å²) in [6, 6.07) is 0. The highest BCUT2D eigenvalue weighted by atomic mass is 16.8. The first-order valence-electron chi connectivity index (χ1n) is 15.1. The zero-order chi connectivity index (χ0) is 33.3. The van der Waals surface area contributed by atoms with Crippen molar-refractivity contribution in [3.63, 3.8) is 0 Å². The van der Waals surface area contributed by atoms with Crippen LogP contribution in [0, 0.1) is 5.92 Å². The highest BCUT2D eigenvalue weighted by Crippen LogP contribution is 2.33. The van der Waals surface area contributed by atoms with Crippen molar-refractivity contribution in [3.05, 3.63) is 0 Å². The molecule has 0 spiro atoms. The summed E-state index contributed by atoms with van der Waals surface area (Å²) in [7, 11) is 0. The van der Waals surface area contributed by atoms with Crippen molar-refractivity contribution in [2.24, 2.45) is 5.92 Å². The topological polar surface area (TPSA) is 297 Å². The molecule has 11 N–H and O–H groups in total. The van der Waals surface area contributed by atoms with Crippen molar-refractivity contribution in [1.29, 1.82) is 0 Å². The van der Waals surface area contributed by atoms with Crippen LogP contribution in [0.4, 0.5) is 0 Å². The van der Waals surface area contributed by atoms with Crippen LogP contribution in [0.25, 0.3) is 0 Å². The van der Waals surface area contributed by atoms with Crippen LogP contribution < -0.4 is 5.48 Å². The van der Waals surface area contributed by atoms with Crippen LogP contribution >= 0.6 is 0 Å². The van der Waals surface area contributed by atoms with Crippen LogP contribution in [0.1, 0.15) is 13.3 Å². The van der Waals surface area contributed by atoms with E-state index in [1.54, 1.807) is 5.48 Å². The molecule has 5 aliphatic rings. The Bertz CT molecular complexity index is 955. The third-order valence-electron chi connectivity index (χ3n) is 8.89. The molecule has 19 atom stereocenters. The van der Waals surface area contributed by atoms with Gasteiger partial charge in [0.2, 0.25) is 0 Å². The summed E-state index contributed by atoms with van der Waals surface area (Å²) in [5.74, 6) is -0.150. The van der Waals surface area contributed by atoms with Crippen molar-refractivity contribution >= 4 is 0 Å². The molecule has 0 radical (unpaired) electrons. The lowest BCUT2D eigenvalue weighted by molar-refractivity contribution is -0.367. The second-order valence-corrected chi connectivity index (χ2v) is 12.1. The van der Waals surface area contributed by atoms with Gasteiger partial charge >= 0.3 is 0 Å². The summed E-state index contributed by atoms with van der Waals surface area (Å²) < 4.78 is 50.4. The van der Waals surface area contributed by atoms with Crippen LogP contribution in [0.2, 0.25) is 0 Å². The molecule has 5 saturated heterocycles. The molecule has 20 heteroatoms. The van der Waals surface area contributed by atoms with Crippen molar-refractivity contribution in [2.75, 3.05) is 33.0 Å². The van der Waals surface area contributed by atoms with Crippen LogP contribution in [-0.2, 0) is 42.6 Å². The predicted octanol–water partition coefficient (Wildman–Crippen LogP) is -6.44. The van der Waals surface area contributed by atoms with Crippen LogP contribution in [0.15, 0.2) is 0 Å². The van der Waals surface area contributed by atoms with Gasteiger partial charge in [0.15, 0.2) is 31.4 Å². The van der Waals surface area contributed by atoms with Crippen LogP contribution in [-0.4, -0.2) is 195 Å². The van der Waals surface area contributed by atoms with E-state index in [9.17, 15) is 46.0 Å². The molecule has 5 heterocycles. The first-order chi connectivity index (χ1) is 21.9. The Balaban J connectivity index is 1.24. The fraction of sp³-hybridized carbons (Fsp3) is 1.00. The number of hydrogen-bond donors (Lipinski definition) is 11. The molecule has 268 valence electrons. The summed E-state index contributed by atoms with van der Waals surface area (Å²) in [6.07, 6.45) is -25.1. The molecule has 0 amide bonds. The molecule has 10 unspecified atom stereocenters. The summed E-state index contributed by atoms with van der Waals surface area (Å²) >= 11 is 0. The van der Waals surface area contributed by atoms with E-state index in [0.717, 1.165) is 0 Å². The standard InChI is InChI=1S/C26H45NO19/c1-8-2-3-38-23(13(8)29)44-12-7-41-26(21(17(12)33)46-25-20(36)14(30)9(4-28)42-25)45-11-6-40-24(19(35)16(11)32)43-10-5-39-22(27-37)18(34)15(10)31/h8-37H,2-7H2,1H3/t8?,9-,10+,11+,12+,13?,14?,15?,16?,17?,18?,19?,20?,21?,22+,23-,24-,25-,26-/m0/s1. The molecule has 0 bridgehead atoms. The third-order valence-corrected chi connectivity index (χ3v) is 8.89. The quantitative estimate of drug-likeness (QED) is 0.0959. The largest absolute Gasteiger partial charge is 0.394 e. The van der Waals surface area contributed by atoms with Gasteiger partial charge in [-0.15, -0.1) is 0 Å². The number of hydroxylamine groups is 1. The predicted molar refractivity (Wildman–Crippen MR) is 141 cm³/mol. The summed E-state index contributed by atoms with van der Waals surface area (Å²) in [5, 5.41) is 103. The SMILES string of the molecule is CC1CCO[C@@H](O[C@@H]2CO[C@@H](O[C@@H]3CO[C@@H](O[C@@H]4CO[C@@H](NO)C(O)C4O)C(O)C3O)C(O[C@@H]3O[C@@H](CO)C(O)C3O)C2O)C1O. The maximum absolute atomic E-state index is 11.3. The average Bonchev–Trinajstić information content (AvgIpc) is 3.32. The van der Waals surface area contributed by atoms with Crippen LogP contribution in [0.3, 0.4) is 0 Å². The first-order valence-corrected chi connectivity index (χ1v) is 15.1. The molecule has 20 nitrogen and oxygen atoms in total. The van der Waals surface area contributed by atoms with Gasteiger partial charge in [-0.3, -0.25) is 0 Å². The van der Waals surface area contributed by atoms with Gasteiger partial charge in [0.25, 0.3) is 0 Å². The second-order valence-electron chi connectivity index (χ2n) is 12.1. The van der Waals surface area contributed by atoms with Crippen molar-refractivity contribution in [3.8, 4) is 0 Å². The van der Waals surface area contributed by atoms with E-state index in [1.165, 1.54) is 0 Å². The Morgan fingerprint density at radius 3 is 1.76 bits per heavy atom. The lowest BCUT2D eigenvalue weighted by Gasteiger charge is -2.45. The minimum absolute atomic E-state index is 0.150. The van der Waals surface area contributed by atoms with E-state index in [4.69, 9.17) is 47.8 Å². The molecule has 0 aromatic rings. The zero-order valence-electron chi connectivity index (χ0n) is 24.9. The third kappa shape index (κ3) is 7.66. The first kappa shape index (κ1) is 36.5. The molecule has 0 aliphatic carbocycles. The monoisotopic (exact) mass is 675 g/mol. The Hall–Kier alpha value is -0.800. The van der Waals surface area contributed by atoms with E-state index in [0.29, 0.717) is 13.0 Å². The summed E-state index contributed by atoms with van der Waals surface area (Å²) in [5.41, 5.74) is 1.70. The Morgan fingerprint density at radius 2 is 1.13 bits per heavy atom. The second kappa shape index (κ2) is 15.8. The number of ether oxygens (including phenoxy) is 9. The van der Waals surface area contributed by atoms with E-state index >= 15 is 0 Å². The van der Waals surface area contributed by atoms with Crippen molar-refractivity contribution in [2.45, 2.75) is 124 Å². The fourth-order valence-electron chi connectivity index (χ4n) is 5.85. The number of aliphatic hydroxyl groups is 9. The number of nitrogens with one attached hydrogen (secondary N) is 1. The molecular weight excluding hydrogens is 630 g/mol. The number of rotatable bonds is 10. The number of aliphatic hydroxyl groups excluding tert-OH is 9. The van der Waals surface area contributed by atoms with Gasteiger partial charge in [0, 0.05) is 0 Å². The van der Waals surface area contributed by atoms with Gasteiger partial charge in [-0.2, -0.15) is 5.48 Å². The Morgan fingerprint density at radius 1 is 0.587 bits per heavy atom. The smallest absolute Gasteiger partial charge is 0.187 e. The minimum Gasteiger partial charge on any atom is -0.394 e. The van der Waals surface area contributed by atoms with E-state index in [-0.39, 0.29) is 19.1 Å². The normalized spacial score (nSPS) is 52.1. The van der Waals surface area contributed by atoms with Gasteiger partial charge in [-0.25, -0.2) is 0 Å². The van der Waals surface area contributed by atoms with Gasteiger partial charge in [0.05, 0.1) is 33.0 Å². The molecular formula is C26H45NO19. The average molecular weight is 676 g/mol. The van der Waals surface area contributed by atoms with Crippen molar-refractivity contribution < 1.29 is 93.8 Å². The molecule has 0 aromatic heterocycles. The molecule has 5 fully saturated rings. The van der Waals surface area contributed by atoms with Crippen molar-refractivity contribution in [1.82, 2.24) is 5.48 Å². The lowest BCUT2D eigenvalue weighted by atomic mass is 9.98. The van der Waals surface area contributed by atoms with E-state index < -0.39 is 124 Å². The number of hydrogen-bond acceptors (Lipinski definition) is 20. The molecule has 0 aromatic carbocycles. The van der Waals surface area contributed by atoms with Crippen LogP contribution in [0.5, 0.6) is 0 Å². The highest BCUT2D eigenvalue weighted by molar-refractivity contribution is 4.94. The molecule has 46 heavy (non-hydrogen) atoms. The Labute approximate surface area is 262 Å². The van der Waals surface area contributed by atoms with Gasteiger partial charge in [-0.05, 0) is 12.3 Å². The molecule has 0 saturated carbocycles. The van der Waals surface area contributed by atoms with Gasteiger partial charge in [-0.1, -0.05) is 6.92 Å². The molecule has 5 aliphatic heterocycles. The summed E-state index contributed by atoms with van der Waals surface area (Å²) in [6.45, 7) is 0.448.